The molecule has 0 unspecified atom stereocenters. The highest BCUT2D eigenvalue weighted by molar-refractivity contribution is 5.72. The molecule has 3 aromatic rings. The van der Waals surface area contributed by atoms with Gasteiger partial charge < -0.3 is 15.3 Å². The number of likely N-dealkylation sites (tertiary alicyclic amines) is 1. The van der Waals surface area contributed by atoms with Gasteiger partial charge in [0.05, 0.1) is 5.69 Å². The number of phenolic OH excluding ortho intramolecular Hbond substituents is 1. The number of hydrogen-bond donors (Lipinski definition) is 2. The number of rotatable bonds is 4. The summed E-state index contributed by atoms with van der Waals surface area (Å²) in [7, 11) is 0. The van der Waals surface area contributed by atoms with Gasteiger partial charge in [-0.25, -0.2) is 9.50 Å². The summed E-state index contributed by atoms with van der Waals surface area (Å²) in [4.78, 5) is 11.6. The first-order valence-corrected chi connectivity index (χ1v) is 9.56. The van der Waals surface area contributed by atoms with Gasteiger partial charge in [0.25, 0.3) is 5.78 Å². The summed E-state index contributed by atoms with van der Waals surface area (Å²) < 4.78 is 1.67. The molecule has 2 N–H and O–H groups in total. The van der Waals surface area contributed by atoms with Gasteiger partial charge in [-0.1, -0.05) is 13.0 Å². The van der Waals surface area contributed by atoms with Crippen molar-refractivity contribution in [2.45, 2.75) is 39.7 Å². The molecule has 0 saturated carbocycles. The van der Waals surface area contributed by atoms with Crippen LogP contribution in [0.1, 0.15) is 30.9 Å². The first-order chi connectivity index (χ1) is 13.0. The molecule has 27 heavy (non-hydrogen) atoms. The molecule has 2 aromatic heterocycles. The summed E-state index contributed by atoms with van der Waals surface area (Å²) in [6, 6.07) is 6.02. The molecule has 3 heterocycles. The third-order valence-corrected chi connectivity index (χ3v) is 5.21. The normalized spacial score (nSPS) is 18.1. The Bertz CT molecular complexity index is 943. The number of anilines is 1. The van der Waals surface area contributed by atoms with Gasteiger partial charge in [-0.05, 0) is 63.0 Å². The smallest absolute Gasteiger partial charge is 0.254 e. The molecule has 142 valence electrons. The second kappa shape index (κ2) is 7.15. The Labute approximate surface area is 159 Å². The fourth-order valence-corrected chi connectivity index (χ4v) is 3.90. The number of aryl methyl sites for hydroxylation is 2. The molecule has 7 heteroatoms. The molecule has 1 aliphatic rings. The van der Waals surface area contributed by atoms with E-state index in [9.17, 15) is 5.11 Å². The van der Waals surface area contributed by atoms with Crippen molar-refractivity contribution in [3.63, 3.8) is 0 Å². The number of benzene rings is 1. The molecule has 4 rings (SSSR count). The lowest BCUT2D eigenvalue weighted by Gasteiger charge is -2.31. The summed E-state index contributed by atoms with van der Waals surface area (Å²) in [5.74, 6) is 1.37. The van der Waals surface area contributed by atoms with Crippen molar-refractivity contribution in [1.82, 2.24) is 24.5 Å². The largest absolute Gasteiger partial charge is 0.507 e. The molecule has 0 aliphatic carbocycles. The van der Waals surface area contributed by atoms with E-state index < -0.39 is 0 Å². The van der Waals surface area contributed by atoms with Crippen molar-refractivity contribution in [1.29, 1.82) is 0 Å². The minimum absolute atomic E-state index is 0.240. The maximum atomic E-state index is 10.4. The highest BCUT2D eigenvalue weighted by Gasteiger charge is 2.20. The maximum absolute atomic E-state index is 10.4. The first kappa shape index (κ1) is 17.7. The Kier molecular flexibility index (Phi) is 4.70. The number of nitrogens with zero attached hydrogens (tertiary/aromatic N) is 5. The molecule has 1 saturated heterocycles. The average molecular weight is 366 g/mol. The van der Waals surface area contributed by atoms with E-state index in [0.29, 0.717) is 23.5 Å². The van der Waals surface area contributed by atoms with Crippen LogP contribution in [0.15, 0.2) is 24.4 Å². The fraction of sp³-hybridized carbons (Fsp3) is 0.450. The zero-order chi connectivity index (χ0) is 19.0. The second-order valence-electron chi connectivity index (χ2n) is 7.35. The van der Waals surface area contributed by atoms with Crippen LogP contribution in [0.2, 0.25) is 0 Å². The zero-order valence-electron chi connectivity index (χ0n) is 16.1. The Morgan fingerprint density at radius 1 is 1.26 bits per heavy atom. The predicted molar refractivity (Wildman–Crippen MR) is 106 cm³/mol. The molecule has 1 fully saturated rings. The third-order valence-electron chi connectivity index (χ3n) is 5.21. The number of likely N-dealkylation sites (N-methyl/N-ethyl adjacent to an activating group) is 1. The van der Waals surface area contributed by atoms with E-state index >= 15 is 0 Å². The Balaban J connectivity index is 1.61. The van der Waals surface area contributed by atoms with Crippen molar-refractivity contribution < 1.29 is 5.11 Å². The summed E-state index contributed by atoms with van der Waals surface area (Å²) in [5, 5.41) is 18.3. The number of phenols is 1. The molecule has 0 amide bonds. The number of aromatic nitrogens is 4. The van der Waals surface area contributed by atoms with Crippen molar-refractivity contribution in [3.8, 4) is 17.0 Å². The van der Waals surface area contributed by atoms with Crippen molar-refractivity contribution in [3.05, 3.63) is 35.5 Å². The Morgan fingerprint density at radius 2 is 2.11 bits per heavy atom. The highest BCUT2D eigenvalue weighted by Crippen LogP contribution is 2.32. The number of aromatic hydroxyl groups is 1. The summed E-state index contributed by atoms with van der Waals surface area (Å²) in [5.41, 5.74) is 3.46. The van der Waals surface area contributed by atoms with Gasteiger partial charge in [0.15, 0.2) is 0 Å². The molecular weight excluding hydrogens is 340 g/mol. The van der Waals surface area contributed by atoms with Crippen LogP contribution >= 0.6 is 0 Å². The third kappa shape index (κ3) is 3.60. The van der Waals surface area contributed by atoms with Gasteiger partial charge in [-0.15, -0.1) is 5.10 Å². The SMILES string of the molecule is CCN1CCC[C@@H](Nc2nc3nc(-c4c(C)cc(C)cc4O)ccn3n2)C1. The molecule has 1 aliphatic heterocycles. The molecular formula is C20H26N6O. The molecule has 0 radical (unpaired) electrons. The Morgan fingerprint density at radius 3 is 2.89 bits per heavy atom. The van der Waals surface area contributed by atoms with Crippen molar-refractivity contribution in [2.24, 2.45) is 0 Å². The molecule has 0 bridgehead atoms. The van der Waals surface area contributed by atoms with E-state index in [1.165, 1.54) is 6.42 Å². The van der Waals surface area contributed by atoms with Gasteiger partial charge in [0.1, 0.15) is 5.75 Å². The standard InChI is InChI=1S/C20H26N6O/c1-4-25-8-5-6-15(12-25)21-19-23-20-22-16(7-9-26(20)24-19)18-14(3)10-13(2)11-17(18)27/h7,9-11,15,27H,4-6,8,12H2,1-3H3,(H,21,24)/t15-/m1/s1. The van der Waals surface area contributed by atoms with Crippen molar-refractivity contribution >= 4 is 11.7 Å². The van der Waals surface area contributed by atoms with Gasteiger partial charge in [0, 0.05) is 24.3 Å². The van der Waals surface area contributed by atoms with E-state index in [-0.39, 0.29) is 5.75 Å². The highest BCUT2D eigenvalue weighted by atomic mass is 16.3. The monoisotopic (exact) mass is 366 g/mol. The lowest BCUT2D eigenvalue weighted by Crippen LogP contribution is -2.42. The van der Waals surface area contributed by atoms with Gasteiger partial charge in [-0.3, -0.25) is 0 Å². The van der Waals surface area contributed by atoms with E-state index in [0.717, 1.165) is 42.7 Å². The van der Waals surface area contributed by atoms with E-state index in [1.807, 2.05) is 32.2 Å². The van der Waals surface area contributed by atoms with E-state index in [2.05, 4.69) is 32.2 Å². The topological polar surface area (TPSA) is 78.6 Å². The van der Waals surface area contributed by atoms with E-state index in [1.54, 1.807) is 10.6 Å². The van der Waals surface area contributed by atoms with Gasteiger partial charge in [-0.2, -0.15) is 4.98 Å². The molecule has 1 atom stereocenters. The van der Waals surface area contributed by atoms with Crippen LogP contribution in [0.25, 0.3) is 17.0 Å². The number of fused-ring (bicyclic) bond motifs is 1. The van der Waals surface area contributed by atoms with E-state index in [4.69, 9.17) is 0 Å². The summed E-state index contributed by atoms with van der Waals surface area (Å²) in [6.07, 6.45) is 4.15. The maximum Gasteiger partial charge on any atom is 0.254 e. The summed E-state index contributed by atoms with van der Waals surface area (Å²) in [6.45, 7) is 9.39. The lowest BCUT2D eigenvalue weighted by molar-refractivity contribution is 0.226. The molecule has 7 nitrogen and oxygen atoms in total. The molecule has 1 aromatic carbocycles. The van der Waals surface area contributed by atoms with Crippen LogP contribution in [0.3, 0.4) is 0 Å². The number of hydrogen-bond acceptors (Lipinski definition) is 6. The van der Waals surface area contributed by atoms with Crippen LogP contribution < -0.4 is 5.32 Å². The zero-order valence-corrected chi connectivity index (χ0v) is 16.1. The van der Waals surface area contributed by atoms with Crippen LogP contribution in [0, 0.1) is 13.8 Å². The average Bonchev–Trinajstić information content (AvgIpc) is 3.02. The van der Waals surface area contributed by atoms with Crippen LogP contribution in [-0.2, 0) is 0 Å². The second-order valence-corrected chi connectivity index (χ2v) is 7.35. The minimum Gasteiger partial charge on any atom is -0.507 e. The van der Waals surface area contributed by atoms with Crippen molar-refractivity contribution in [2.75, 3.05) is 25.0 Å². The fourth-order valence-electron chi connectivity index (χ4n) is 3.90. The lowest BCUT2D eigenvalue weighted by atomic mass is 10.0. The van der Waals surface area contributed by atoms with Crippen LogP contribution in [-0.4, -0.2) is 55.3 Å². The quantitative estimate of drug-likeness (QED) is 0.739. The number of nitrogens with one attached hydrogen (secondary N) is 1. The van der Waals surface area contributed by atoms with Gasteiger partial charge >= 0.3 is 0 Å². The number of piperidine rings is 1. The molecule has 0 spiro atoms. The van der Waals surface area contributed by atoms with Crippen LogP contribution in [0.4, 0.5) is 5.95 Å². The first-order valence-electron chi connectivity index (χ1n) is 9.56. The minimum atomic E-state index is 0.240. The van der Waals surface area contributed by atoms with Crippen LogP contribution in [0.5, 0.6) is 5.75 Å². The Hall–Kier alpha value is -2.67. The van der Waals surface area contributed by atoms with Gasteiger partial charge in [0.2, 0.25) is 5.95 Å². The predicted octanol–water partition coefficient (Wildman–Crippen LogP) is 3.01. The summed E-state index contributed by atoms with van der Waals surface area (Å²) >= 11 is 0.